The van der Waals surface area contributed by atoms with Crippen molar-refractivity contribution in [3.05, 3.63) is 54.6 Å². The van der Waals surface area contributed by atoms with Crippen molar-refractivity contribution in [3.63, 3.8) is 0 Å². The second-order valence-electron chi connectivity index (χ2n) is 7.32. The van der Waals surface area contributed by atoms with Crippen LogP contribution in [0.25, 0.3) is 32.2 Å². The molecule has 2 aromatic carbocycles. The van der Waals surface area contributed by atoms with E-state index < -0.39 is 0 Å². The van der Waals surface area contributed by atoms with Crippen molar-refractivity contribution >= 4 is 44.0 Å². The Labute approximate surface area is 177 Å². The van der Waals surface area contributed by atoms with Gasteiger partial charge >= 0.3 is 0 Å². The fourth-order valence-corrected chi connectivity index (χ4v) is 4.06. The number of ether oxygens (including phenoxy) is 1. The number of fused-ring (bicyclic) bond motifs is 2. The zero-order valence-electron chi connectivity index (χ0n) is 16.8. The lowest BCUT2D eigenvalue weighted by molar-refractivity contribution is 0.245. The molecule has 0 saturated carbocycles. The van der Waals surface area contributed by atoms with E-state index in [4.69, 9.17) is 4.74 Å². The Kier molecular flexibility index (Phi) is 4.55. The molecule has 0 unspecified atom stereocenters. The Morgan fingerprint density at radius 3 is 2.73 bits per heavy atom. The number of rotatable bonds is 5. The van der Waals surface area contributed by atoms with E-state index in [1.54, 1.807) is 22.3 Å². The first-order valence-electron chi connectivity index (χ1n) is 9.61. The molecule has 0 amide bonds. The van der Waals surface area contributed by atoms with E-state index in [0.717, 1.165) is 43.7 Å². The smallest absolute Gasteiger partial charge is 0.145 e. The Morgan fingerprint density at radius 2 is 1.93 bits per heavy atom. The minimum absolute atomic E-state index is 0.0109. The molecule has 0 bridgehead atoms. The zero-order chi connectivity index (χ0) is 20.7. The maximum atomic E-state index is 6.17. The van der Waals surface area contributed by atoms with Crippen LogP contribution in [0.2, 0.25) is 0 Å². The molecule has 0 atom stereocenters. The molecule has 0 aliphatic carbocycles. The second kappa shape index (κ2) is 7.38. The summed E-state index contributed by atoms with van der Waals surface area (Å²) in [5.74, 6) is 1.43. The maximum absolute atomic E-state index is 6.17. The van der Waals surface area contributed by atoms with Crippen LogP contribution in [0.1, 0.15) is 13.8 Å². The second-order valence-corrected chi connectivity index (χ2v) is 8.21. The molecular weight excluding hydrogens is 396 g/mol. The average Bonchev–Trinajstić information content (AvgIpc) is 3.36. The average molecular weight is 417 g/mol. The van der Waals surface area contributed by atoms with Gasteiger partial charge in [-0.2, -0.15) is 5.10 Å². The molecule has 150 valence electrons. The van der Waals surface area contributed by atoms with Crippen LogP contribution < -0.4 is 10.1 Å². The molecule has 0 aliphatic heterocycles. The number of hydrogen-bond acceptors (Lipinski definition) is 7. The van der Waals surface area contributed by atoms with Gasteiger partial charge in [0.05, 0.1) is 38.9 Å². The monoisotopic (exact) mass is 416 g/mol. The Morgan fingerprint density at radius 1 is 1.03 bits per heavy atom. The van der Waals surface area contributed by atoms with Gasteiger partial charge in [-0.1, -0.05) is 0 Å². The molecular formula is C22H20N6OS. The molecule has 30 heavy (non-hydrogen) atoms. The highest BCUT2D eigenvalue weighted by Crippen LogP contribution is 2.37. The summed E-state index contributed by atoms with van der Waals surface area (Å²) in [6.07, 6.45) is 5.39. The first-order valence-corrected chi connectivity index (χ1v) is 10.5. The standard InChI is InChI=1S/C22H20N6OS/c1-13(2)29-19-7-14(15-9-26-28(3)10-15)6-18-21(19)22(24-11-23-18)27-16-4-5-20-17(8-16)25-12-30-20/h4-13H,1-3H3,(H,23,24,27). The van der Waals surface area contributed by atoms with Crippen LogP contribution in [-0.2, 0) is 7.05 Å². The van der Waals surface area contributed by atoms with Crippen molar-refractivity contribution in [2.75, 3.05) is 5.32 Å². The Balaban J connectivity index is 1.64. The van der Waals surface area contributed by atoms with E-state index in [9.17, 15) is 0 Å². The van der Waals surface area contributed by atoms with Gasteiger partial charge in [0.1, 0.15) is 17.9 Å². The third-order valence-electron chi connectivity index (χ3n) is 4.70. The number of aromatic nitrogens is 5. The van der Waals surface area contributed by atoms with Crippen LogP contribution in [0.3, 0.4) is 0 Å². The molecule has 3 aromatic heterocycles. The van der Waals surface area contributed by atoms with Gasteiger partial charge in [-0.05, 0) is 49.7 Å². The van der Waals surface area contributed by atoms with Crippen molar-refractivity contribution in [1.82, 2.24) is 24.7 Å². The first-order chi connectivity index (χ1) is 14.6. The highest BCUT2D eigenvalue weighted by atomic mass is 32.1. The molecule has 3 heterocycles. The zero-order valence-corrected chi connectivity index (χ0v) is 17.6. The van der Waals surface area contributed by atoms with Gasteiger partial charge in [-0.3, -0.25) is 4.68 Å². The summed E-state index contributed by atoms with van der Waals surface area (Å²) in [5.41, 5.74) is 6.54. The lowest BCUT2D eigenvalue weighted by atomic mass is 10.1. The van der Waals surface area contributed by atoms with E-state index in [1.165, 1.54) is 0 Å². The van der Waals surface area contributed by atoms with E-state index >= 15 is 0 Å². The van der Waals surface area contributed by atoms with Gasteiger partial charge in [0.2, 0.25) is 0 Å². The molecule has 0 fully saturated rings. The predicted molar refractivity (Wildman–Crippen MR) is 120 cm³/mol. The van der Waals surface area contributed by atoms with Crippen LogP contribution >= 0.6 is 11.3 Å². The van der Waals surface area contributed by atoms with Crippen molar-refractivity contribution in [3.8, 4) is 16.9 Å². The summed E-state index contributed by atoms with van der Waals surface area (Å²) >= 11 is 1.62. The maximum Gasteiger partial charge on any atom is 0.145 e. The number of nitrogens with one attached hydrogen (secondary N) is 1. The summed E-state index contributed by atoms with van der Waals surface area (Å²) in [6.45, 7) is 4.02. The van der Waals surface area contributed by atoms with Crippen LogP contribution in [0, 0.1) is 0 Å². The van der Waals surface area contributed by atoms with Gasteiger partial charge in [-0.15, -0.1) is 11.3 Å². The lowest BCUT2D eigenvalue weighted by Gasteiger charge is -2.16. The number of nitrogens with zero attached hydrogens (tertiary/aromatic N) is 5. The number of thiazole rings is 1. The minimum atomic E-state index is 0.0109. The van der Waals surface area contributed by atoms with Crippen molar-refractivity contribution in [2.45, 2.75) is 20.0 Å². The van der Waals surface area contributed by atoms with E-state index in [-0.39, 0.29) is 6.10 Å². The Hall–Kier alpha value is -3.52. The largest absolute Gasteiger partial charge is 0.490 e. The molecule has 1 N–H and O–H groups in total. The molecule has 5 rings (SSSR count). The van der Waals surface area contributed by atoms with Crippen LogP contribution in [0.15, 0.2) is 54.6 Å². The molecule has 0 saturated heterocycles. The minimum Gasteiger partial charge on any atom is -0.490 e. The van der Waals surface area contributed by atoms with Gasteiger partial charge < -0.3 is 10.1 Å². The topological polar surface area (TPSA) is 77.8 Å². The molecule has 0 aliphatic rings. The van der Waals surface area contributed by atoms with Crippen LogP contribution in [-0.4, -0.2) is 30.8 Å². The lowest BCUT2D eigenvalue weighted by Crippen LogP contribution is -2.07. The summed E-state index contributed by atoms with van der Waals surface area (Å²) in [6, 6.07) is 10.2. The molecule has 7 nitrogen and oxygen atoms in total. The fraction of sp³-hybridized carbons (Fsp3) is 0.182. The van der Waals surface area contributed by atoms with E-state index in [1.807, 2.05) is 63.1 Å². The quantitative estimate of drug-likeness (QED) is 0.426. The third-order valence-corrected chi connectivity index (χ3v) is 5.51. The summed E-state index contributed by atoms with van der Waals surface area (Å²) < 4.78 is 9.11. The van der Waals surface area contributed by atoms with Crippen molar-refractivity contribution in [2.24, 2.45) is 7.05 Å². The molecule has 0 radical (unpaired) electrons. The normalized spacial score (nSPS) is 11.5. The molecule has 5 aromatic rings. The van der Waals surface area contributed by atoms with Gasteiger partial charge in [0.25, 0.3) is 0 Å². The van der Waals surface area contributed by atoms with Gasteiger partial charge in [0.15, 0.2) is 0 Å². The fourth-order valence-electron chi connectivity index (χ4n) is 3.40. The molecule has 8 heteroatoms. The molecule has 0 spiro atoms. The Bertz CT molecular complexity index is 1360. The number of anilines is 2. The van der Waals surface area contributed by atoms with Crippen LogP contribution in [0.4, 0.5) is 11.5 Å². The van der Waals surface area contributed by atoms with Crippen LogP contribution in [0.5, 0.6) is 5.75 Å². The number of hydrogen-bond donors (Lipinski definition) is 1. The number of benzene rings is 2. The number of aryl methyl sites for hydroxylation is 1. The van der Waals surface area contributed by atoms with Crippen molar-refractivity contribution < 1.29 is 4.74 Å². The SMILES string of the molecule is CC(C)Oc1cc(-c2cnn(C)c2)cc2ncnc(Nc3ccc4scnc4c3)c12. The van der Waals surface area contributed by atoms with E-state index in [0.29, 0.717) is 5.82 Å². The highest BCUT2D eigenvalue weighted by molar-refractivity contribution is 7.16. The van der Waals surface area contributed by atoms with E-state index in [2.05, 4.69) is 31.4 Å². The summed E-state index contributed by atoms with van der Waals surface area (Å²) in [4.78, 5) is 13.4. The predicted octanol–water partition coefficient (Wildman–Crippen LogP) is 5.17. The summed E-state index contributed by atoms with van der Waals surface area (Å²) in [5, 5.41) is 8.55. The van der Waals surface area contributed by atoms with Gasteiger partial charge in [0, 0.05) is 24.5 Å². The van der Waals surface area contributed by atoms with Gasteiger partial charge in [-0.25, -0.2) is 15.0 Å². The first kappa shape index (κ1) is 18.5. The third kappa shape index (κ3) is 3.46. The highest BCUT2D eigenvalue weighted by Gasteiger charge is 2.15. The van der Waals surface area contributed by atoms with Crippen molar-refractivity contribution in [1.29, 1.82) is 0 Å². The summed E-state index contributed by atoms with van der Waals surface area (Å²) in [7, 11) is 1.90.